The summed E-state index contributed by atoms with van der Waals surface area (Å²) in [5.74, 6) is -4.25. The first kappa shape index (κ1) is 116. The number of hydrogen-bond donors (Lipinski definition) is 14. The molecule has 0 unspecified atom stereocenters. The van der Waals surface area contributed by atoms with Gasteiger partial charge in [0.15, 0.2) is 0 Å². The van der Waals surface area contributed by atoms with Crippen molar-refractivity contribution in [2.24, 2.45) is 0 Å². The first-order valence-electron chi connectivity index (χ1n) is 46.7. The van der Waals surface area contributed by atoms with Gasteiger partial charge in [-0.25, -0.2) is 0 Å². The maximum Gasteiger partial charge on any atom is 0.412 e. The number of carboxylic acids is 2. The van der Waals surface area contributed by atoms with E-state index >= 15 is 0 Å². The van der Waals surface area contributed by atoms with Crippen LogP contribution in [0.15, 0.2) is 291 Å². The molecule has 770 valence electrons. The molecule has 0 saturated heterocycles. The Kier molecular flexibility index (Phi) is 42.0. The van der Waals surface area contributed by atoms with Gasteiger partial charge in [0.25, 0.3) is 0 Å². The summed E-state index contributed by atoms with van der Waals surface area (Å²) in [6.45, 7) is 10.5. The van der Waals surface area contributed by atoms with Crippen molar-refractivity contribution in [1.29, 1.82) is 0 Å². The number of aliphatic carboxylic acids is 2. The van der Waals surface area contributed by atoms with Gasteiger partial charge in [-0.15, -0.1) is 0 Å². The van der Waals surface area contributed by atoms with E-state index in [0.717, 1.165) is 187 Å². The molecule has 0 radical (unpaired) electrons. The van der Waals surface area contributed by atoms with Gasteiger partial charge in [0, 0.05) is 11.8 Å². The molecule has 0 amide bonds. The van der Waals surface area contributed by atoms with Crippen molar-refractivity contribution in [3.63, 3.8) is 0 Å². The molecule has 0 fully saturated rings. The van der Waals surface area contributed by atoms with Crippen molar-refractivity contribution in [3.05, 3.63) is 358 Å². The number of hydrogen-bond acceptors (Lipinski definition) is 14. The van der Waals surface area contributed by atoms with Gasteiger partial charge >= 0.3 is 42.8 Å². The normalized spacial score (nSPS) is 12.1. The maximum atomic E-state index is 14.5. The van der Waals surface area contributed by atoms with Crippen LogP contribution >= 0.6 is 0 Å². The number of halogens is 15. The third-order valence-corrected chi connectivity index (χ3v) is 25.9. The first-order chi connectivity index (χ1) is 67.4. The van der Waals surface area contributed by atoms with E-state index in [-0.39, 0.29) is 138 Å². The fourth-order valence-electron chi connectivity index (χ4n) is 18.0. The number of alkyl halides is 15. The molecular formula is C112H121F15O16. The number of unbranched alkanes of at least 4 members (excludes halogenated alkanes) is 12. The highest BCUT2D eigenvalue weighted by molar-refractivity contribution is 5.87. The second-order valence-corrected chi connectivity index (χ2v) is 34.9. The molecule has 143 heavy (non-hydrogen) atoms. The van der Waals surface area contributed by atoms with E-state index in [4.69, 9.17) is 5.11 Å². The van der Waals surface area contributed by atoms with Gasteiger partial charge in [0.1, 0.15) is 90.7 Å². The fourth-order valence-corrected chi connectivity index (χ4v) is 18.0. The lowest BCUT2D eigenvalue weighted by atomic mass is 9.70. The average molecular weight is 2010 g/mol. The highest BCUT2D eigenvalue weighted by atomic mass is 19.4. The predicted molar refractivity (Wildman–Crippen MR) is 517 cm³/mol. The summed E-state index contributed by atoms with van der Waals surface area (Å²) in [5, 5.41) is 131. The number of carbonyl (C=O) groups is 2. The molecule has 0 spiro atoms. The molecule has 0 aliphatic rings. The molecule has 12 aromatic carbocycles. The Hall–Kier alpha value is -13.9. The van der Waals surface area contributed by atoms with Crippen molar-refractivity contribution in [2.75, 3.05) is 0 Å². The summed E-state index contributed by atoms with van der Waals surface area (Å²) < 4.78 is 213. The van der Waals surface area contributed by atoms with Crippen molar-refractivity contribution in [1.82, 2.24) is 0 Å². The van der Waals surface area contributed by atoms with E-state index < -0.39 is 93.9 Å². The molecule has 0 aliphatic heterocycles. The minimum Gasteiger partial charge on any atom is -0.508 e. The van der Waals surface area contributed by atoms with Crippen LogP contribution in [-0.4, -0.2) is 114 Å². The van der Waals surface area contributed by atoms with Crippen LogP contribution in [0, 0.1) is 0 Å². The van der Waals surface area contributed by atoms with Crippen molar-refractivity contribution in [2.45, 2.75) is 239 Å². The molecule has 16 nitrogen and oxygen atoms in total. The third-order valence-electron chi connectivity index (χ3n) is 25.9. The van der Waals surface area contributed by atoms with Crippen LogP contribution in [0.5, 0.6) is 69.0 Å². The van der Waals surface area contributed by atoms with Crippen LogP contribution in [0.25, 0.3) is 0 Å². The summed E-state index contributed by atoms with van der Waals surface area (Å²) in [7, 11) is 0. The van der Waals surface area contributed by atoms with Gasteiger partial charge in [-0.2, -0.15) is 65.9 Å². The minimum atomic E-state index is -5.13. The van der Waals surface area contributed by atoms with Crippen molar-refractivity contribution >= 4 is 11.9 Å². The molecule has 12 aromatic rings. The Labute approximate surface area is 821 Å². The van der Waals surface area contributed by atoms with Crippen LogP contribution in [0.2, 0.25) is 0 Å². The van der Waals surface area contributed by atoms with Gasteiger partial charge in [-0.3, -0.25) is 9.59 Å². The van der Waals surface area contributed by atoms with Gasteiger partial charge < -0.3 is 71.5 Å². The van der Waals surface area contributed by atoms with Crippen LogP contribution in [0.4, 0.5) is 65.9 Å². The highest BCUT2D eigenvalue weighted by Gasteiger charge is 2.64. The molecular weight excluding hydrogens is 1890 g/mol. The largest absolute Gasteiger partial charge is 0.508 e. The maximum absolute atomic E-state index is 14.5. The number of phenols is 12. The quantitative estimate of drug-likeness (QED) is 0.0128. The molecule has 0 bridgehead atoms. The molecule has 31 heteroatoms. The number of benzene rings is 12. The Bertz CT molecular complexity index is 5530. The average Bonchev–Trinajstić information content (AvgIpc) is 0.714. The Morgan fingerprint density at radius 3 is 0.490 bits per heavy atom. The summed E-state index contributed by atoms with van der Waals surface area (Å²) in [6.07, 6.45) is -10.6. The second kappa shape index (κ2) is 51.7. The minimum absolute atomic E-state index is 0.0681. The molecule has 12 rings (SSSR count). The number of phenolic OH excluding ortho intramolecular Hbond substituents is 12. The predicted octanol–water partition coefficient (Wildman–Crippen LogP) is 30.0. The van der Waals surface area contributed by atoms with Gasteiger partial charge in [0.2, 0.25) is 5.41 Å². The van der Waals surface area contributed by atoms with Crippen LogP contribution in [0.1, 0.15) is 243 Å². The Morgan fingerprint density at radius 1 is 0.196 bits per heavy atom. The lowest BCUT2D eigenvalue weighted by molar-refractivity contribution is -0.196. The Balaban J connectivity index is 0.000000234. The van der Waals surface area contributed by atoms with E-state index in [1.807, 2.05) is 31.2 Å². The zero-order valence-electron chi connectivity index (χ0n) is 79.5. The summed E-state index contributed by atoms with van der Waals surface area (Å²) in [5.41, 5.74) is -10.9. The van der Waals surface area contributed by atoms with E-state index in [1.165, 1.54) is 157 Å². The van der Waals surface area contributed by atoms with E-state index in [0.29, 0.717) is 19.3 Å². The first-order valence-corrected chi connectivity index (χ1v) is 46.7. The number of rotatable bonds is 36. The zero-order valence-corrected chi connectivity index (χ0v) is 79.5. The highest BCUT2D eigenvalue weighted by Crippen LogP contribution is 2.56. The van der Waals surface area contributed by atoms with Crippen molar-refractivity contribution in [3.8, 4) is 69.0 Å². The number of aromatic hydroxyl groups is 12. The van der Waals surface area contributed by atoms with E-state index in [1.54, 1.807) is 24.3 Å². The molecule has 0 saturated carbocycles. The van der Waals surface area contributed by atoms with Gasteiger partial charge in [-0.1, -0.05) is 277 Å². The SMILES string of the molecule is CCC(CC)(c1ccc(O)cc1)c1ccc(O)cc1.CCCCCCC(c1ccc(O)cc1)(c1ccc(O)cc1)C(F)(F)F.CCCCCCCC(c1ccc(O)cc1)(c1ccc(O)cc1)C(F)(F)F.CCCCCCCCC(c1ccc(O)cc1)(c1ccc(O)cc1)C(F)(F)F.O=C(O)C(c1ccc(O)cc1)(c1ccc(O)cc1)C(F)(F)F.O=C(O)CCC(c1ccc(O)cc1)(c1ccc(O)cc1)C(F)(F)F. The monoisotopic (exact) mass is 2010 g/mol. The van der Waals surface area contributed by atoms with Crippen LogP contribution in [-0.2, 0) is 42.1 Å². The lowest BCUT2D eigenvalue weighted by Gasteiger charge is -2.37. The van der Waals surface area contributed by atoms with Crippen LogP contribution < -0.4 is 0 Å². The molecule has 0 atom stereocenters. The van der Waals surface area contributed by atoms with Gasteiger partial charge in [-0.05, 0) is 251 Å². The van der Waals surface area contributed by atoms with E-state index in [9.17, 15) is 142 Å². The molecule has 14 N–H and O–H groups in total. The van der Waals surface area contributed by atoms with Crippen LogP contribution in [0.3, 0.4) is 0 Å². The molecule has 0 aromatic heterocycles. The fraction of sp³-hybridized carbons (Fsp3) is 0.339. The molecule has 0 aliphatic carbocycles. The smallest absolute Gasteiger partial charge is 0.412 e. The summed E-state index contributed by atoms with van der Waals surface area (Å²) in [4.78, 5) is 22.5. The summed E-state index contributed by atoms with van der Waals surface area (Å²) >= 11 is 0. The van der Waals surface area contributed by atoms with Gasteiger partial charge in [0.05, 0.1) is 0 Å². The summed E-state index contributed by atoms with van der Waals surface area (Å²) in [6, 6.07) is 62.8. The van der Waals surface area contributed by atoms with E-state index in [2.05, 4.69) is 27.7 Å². The second-order valence-electron chi connectivity index (χ2n) is 34.9. The zero-order chi connectivity index (χ0) is 106. The lowest BCUT2D eigenvalue weighted by Crippen LogP contribution is -2.50. The topological polar surface area (TPSA) is 317 Å². The Morgan fingerprint density at radius 2 is 0.343 bits per heavy atom. The number of carboxylic acid groups (broad SMARTS) is 2. The van der Waals surface area contributed by atoms with Crippen molar-refractivity contribution < 1.29 is 147 Å². The third kappa shape index (κ3) is 29.0. The standard InChI is InChI=1S/C22H27F3O2.C21H25F3O2.C20H23F3O2.C17H15F3O4.C17H20O2.C15H11F3O4/c1-2-3-4-5-6-7-16-21(22(23,24)25,17-8-12-19(26)13-9-17)18-10-14-20(27)15-11-18;1-2-3-4-5-6-15-20(21(22,23)24,16-7-11-18(25)12-8-16)17-9-13-19(26)14-10-17;1-2-3-4-5-14-19(20(21,22)23,15-6-10-17(24)11-7-15)16-8-12-18(25)13-9-16;18-17(19,20)16(10-9-15(23)24,11-1-5-13(21)6-2-11)12-3-7-14(22)8-4-12;1-3-17(4-2,13-5-9-15(18)10-6-13)14-7-11-16(19)12-8-14;16-15(17,18)14(13(21)22,9-1-5-11(19)6-2-9)10-3-7-12(20)8-4-10/h8-15,26-27H,2-7,16H2,1H3;7-14,25-26H,2-6,15H2,1H3;6-13,24-25H,2-5,14H2,1H3;1-8,21-22H,9-10H2,(H,23,24);5-12,18-19H,3-4H2,1-2H3;1-8,19-20H,(H,21,22). The molecule has 0 heterocycles.